The van der Waals surface area contributed by atoms with E-state index in [1.807, 2.05) is 13.0 Å². The number of amides is 1. The third-order valence-corrected chi connectivity index (χ3v) is 6.77. The number of aryl methyl sites for hydroxylation is 1. The Kier molecular flexibility index (Phi) is 6.60. The molecule has 0 bridgehead atoms. The van der Waals surface area contributed by atoms with Crippen molar-refractivity contribution in [3.05, 3.63) is 65.2 Å². The molecular formula is C20H22N4O3S2. The number of carbonyl (C=O) groups is 1. The first-order valence-electron chi connectivity index (χ1n) is 9.21. The SMILES string of the molecule is CCCCN(c1ccccc1)S(=O)(=O)c1cccc(C(=O)Nc2nnc(C)s2)c1. The lowest BCUT2D eigenvalue weighted by Crippen LogP contribution is -2.32. The van der Waals surface area contributed by atoms with Gasteiger partial charge in [0.15, 0.2) is 0 Å². The molecule has 3 rings (SSSR count). The maximum atomic E-state index is 13.3. The van der Waals surface area contributed by atoms with Crippen molar-refractivity contribution >= 4 is 38.1 Å². The number of hydrogen-bond donors (Lipinski definition) is 1. The molecule has 0 aliphatic carbocycles. The number of unbranched alkanes of at least 4 members (excludes halogenated alkanes) is 1. The number of carbonyl (C=O) groups excluding carboxylic acids is 1. The first kappa shape index (κ1) is 20.9. The Morgan fingerprint density at radius 3 is 2.52 bits per heavy atom. The van der Waals surface area contributed by atoms with Gasteiger partial charge in [0.05, 0.1) is 10.6 Å². The van der Waals surface area contributed by atoms with E-state index in [1.165, 1.54) is 27.8 Å². The van der Waals surface area contributed by atoms with Gasteiger partial charge in [0.2, 0.25) is 5.13 Å². The van der Waals surface area contributed by atoms with E-state index in [-0.39, 0.29) is 10.5 Å². The van der Waals surface area contributed by atoms with Crippen LogP contribution < -0.4 is 9.62 Å². The van der Waals surface area contributed by atoms with Gasteiger partial charge in [-0.05, 0) is 43.7 Å². The summed E-state index contributed by atoms with van der Waals surface area (Å²) in [6.45, 7) is 4.16. The quantitative estimate of drug-likeness (QED) is 0.581. The van der Waals surface area contributed by atoms with E-state index >= 15 is 0 Å². The van der Waals surface area contributed by atoms with Gasteiger partial charge >= 0.3 is 0 Å². The molecule has 0 saturated heterocycles. The molecule has 1 heterocycles. The number of nitrogens with zero attached hydrogens (tertiary/aromatic N) is 3. The molecule has 2 aromatic carbocycles. The van der Waals surface area contributed by atoms with Gasteiger partial charge in [-0.2, -0.15) is 0 Å². The molecule has 0 fully saturated rings. The van der Waals surface area contributed by atoms with E-state index in [2.05, 4.69) is 15.5 Å². The van der Waals surface area contributed by atoms with Gasteiger partial charge in [-0.25, -0.2) is 8.42 Å². The van der Waals surface area contributed by atoms with Crippen LogP contribution in [-0.4, -0.2) is 31.1 Å². The van der Waals surface area contributed by atoms with Gasteiger partial charge in [-0.3, -0.25) is 14.4 Å². The Balaban J connectivity index is 1.91. The van der Waals surface area contributed by atoms with Crippen molar-refractivity contribution in [2.75, 3.05) is 16.2 Å². The highest BCUT2D eigenvalue weighted by Gasteiger charge is 2.25. The van der Waals surface area contributed by atoms with Crippen LogP contribution in [0.2, 0.25) is 0 Å². The van der Waals surface area contributed by atoms with Crippen molar-refractivity contribution < 1.29 is 13.2 Å². The van der Waals surface area contributed by atoms with Crippen LogP contribution >= 0.6 is 11.3 Å². The fourth-order valence-corrected chi connectivity index (χ4v) is 4.86. The van der Waals surface area contributed by atoms with Crippen LogP contribution in [0, 0.1) is 6.92 Å². The maximum absolute atomic E-state index is 13.3. The highest BCUT2D eigenvalue weighted by atomic mass is 32.2. The van der Waals surface area contributed by atoms with E-state index in [9.17, 15) is 13.2 Å². The molecule has 3 aromatic rings. The molecular weight excluding hydrogens is 408 g/mol. The number of anilines is 2. The van der Waals surface area contributed by atoms with Crippen LogP contribution in [0.25, 0.3) is 0 Å². The van der Waals surface area contributed by atoms with Crippen LogP contribution in [-0.2, 0) is 10.0 Å². The summed E-state index contributed by atoms with van der Waals surface area (Å²) in [6.07, 6.45) is 1.59. The second-order valence-electron chi connectivity index (χ2n) is 6.37. The Labute approximate surface area is 174 Å². The minimum atomic E-state index is -3.82. The van der Waals surface area contributed by atoms with Gasteiger partial charge < -0.3 is 0 Å². The third-order valence-electron chi connectivity index (χ3n) is 4.19. The minimum Gasteiger partial charge on any atom is -0.296 e. The molecule has 0 unspecified atom stereocenters. The summed E-state index contributed by atoms with van der Waals surface area (Å²) in [7, 11) is -3.82. The highest BCUT2D eigenvalue weighted by Crippen LogP contribution is 2.25. The molecule has 0 spiro atoms. The lowest BCUT2D eigenvalue weighted by Gasteiger charge is -2.24. The van der Waals surface area contributed by atoms with Gasteiger partial charge in [0, 0.05) is 12.1 Å². The zero-order chi connectivity index (χ0) is 20.9. The van der Waals surface area contributed by atoms with Gasteiger partial charge in [-0.15, -0.1) is 10.2 Å². The summed E-state index contributed by atoms with van der Waals surface area (Å²) in [5, 5.41) is 11.5. The standard InChI is InChI=1S/C20H22N4O3S2/c1-3-4-13-24(17-10-6-5-7-11-17)29(26,27)18-12-8-9-16(14-18)19(25)21-20-23-22-15(2)28-20/h5-12,14H,3-4,13H2,1-2H3,(H,21,23,25). The van der Waals surface area contributed by atoms with Crippen LogP contribution in [0.15, 0.2) is 59.5 Å². The molecule has 0 aliphatic heterocycles. The zero-order valence-electron chi connectivity index (χ0n) is 16.2. The maximum Gasteiger partial charge on any atom is 0.264 e. The number of nitrogens with one attached hydrogen (secondary N) is 1. The van der Waals surface area contributed by atoms with Crippen LogP contribution in [0.3, 0.4) is 0 Å². The number of hydrogen-bond acceptors (Lipinski definition) is 6. The van der Waals surface area contributed by atoms with Gasteiger partial charge in [0.25, 0.3) is 15.9 Å². The number of rotatable bonds is 8. The molecule has 0 aliphatic rings. The minimum absolute atomic E-state index is 0.0681. The number of para-hydroxylation sites is 1. The largest absolute Gasteiger partial charge is 0.296 e. The normalized spacial score (nSPS) is 11.2. The van der Waals surface area contributed by atoms with Crippen LogP contribution in [0.1, 0.15) is 35.1 Å². The van der Waals surface area contributed by atoms with Gasteiger partial charge in [-0.1, -0.05) is 48.9 Å². The molecule has 0 radical (unpaired) electrons. The van der Waals surface area contributed by atoms with Crippen molar-refractivity contribution in [1.82, 2.24) is 10.2 Å². The van der Waals surface area contributed by atoms with Crippen molar-refractivity contribution in [2.45, 2.75) is 31.6 Å². The molecule has 1 amide bonds. The average molecular weight is 431 g/mol. The summed E-state index contributed by atoms with van der Waals surface area (Å²) in [5.41, 5.74) is 0.836. The van der Waals surface area contributed by atoms with Crippen LogP contribution in [0.4, 0.5) is 10.8 Å². The van der Waals surface area contributed by atoms with Crippen molar-refractivity contribution in [1.29, 1.82) is 0 Å². The second kappa shape index (κ2) is 9.15. The summed E-state index contributed by atoms with van der Waals surface area (Å²) in [6, 6.07) is 15.0. The Bertz CT molecular complexity index is 1080. The molecule has 1 aromatic heterocycles. The highest BCUT2D eigenvalue weighted by molar-refractivity contribution is 7.92. The lowest BCUT2D eigenvalue weighted by atomic mass is 10.2. The van der Waals surface area contributed by atoms with Gasteiger partial charge in [0.1, 0.15) is 5.01 Å². The Hall–Kier alpha value is -2.78. The van der Waals surface area contributed by atoms with E-state index in [0.29, 0.717) is 17.4 Å². The fourth-order valence-electron chi connectivity index (χ4n) is 2.73. The molecule has 29 heavy (non-hydrogen) atoms. The summed E-state index contributed by atoms with van der Waals surface area (Å²) < 4.78 is 28.1. The van der Waals surface area contributed by atoms with E-state index < -0.39 is 15.9 Å². The molecule has 1 N–H and O–H groups in total. The fraction of sp³-hybridized carbons (Fsp3) is 0.250. The predicted octanol–water partition coefficient (Wildman–Crippen LogP) is 4.09. The van der Waals surface area contributed by atoms with E-state index in [0.717, 1.165) is 17.8 Å². The third kappa shape index (κ3) is 4.99. The summed E-state index contributed by atoms with van der Waals surface area (Å²) in [5.74, 6) is -0.432. The smallest absolute Gasteiger partial charge is 0.264 e. The van der Waals surface area contributed by atoms with E-state index in [4.69, 9.17) is 0 Å². The Morgan fingerprint density at radius 1 is 1.10 bits per heavy atom. The average Bonchev–Trinajstić information content (AvgIpc) is 3.13. The number of benzene rings is 2. The monoisotopic (exact) mass is 430 g/mol. The second-order valence-corrected chi connectivity index (χ2v) is 9.42. The first-order valence-corrected chi connectivity index (χ1v) is 11.5. The van der Waals surface area contributed by atoms with Crippen molar-refractivity contribution in [2.24, 2.45) is 0 Å². The molecule has 0 atom stereocenters. The summed E-state index contributed by atoms with van der Waals surface area (Å²) in [4.78, 5) is 12.6. The first-order chi connectivity index (χ1) is 13.9. The number of aromatic nitrogens is 2. The molecule has 7 nitrogen and oxygen atoms in total. The van der Waals surface area contributed by atoms with Crippen molar-refractivity contribution in [3.63, 3.8) is 0 Å². The summed E-state index contributed by atoms with van der Waals surface area (Å²) >= 11 is 1.25. The topological polar surface area (TPSA) is 92.3 Å². The molecule has 152 valence electrons. The van der Waals surface area contributed by atoms with E-state index in [1.54, 1.807) is 43.3 Å². The van der Waals surface area contributed by atoms with Crippen molar-refractivity contribution in [3.8, 4) is 0 Å². The zero-order valence-corrected chi connectivity index (χ0v) is 17.8. The Morgan fingerprint density at radius 2 is 1.86 bits per heavy atom. The predicted molar refractivity (Wildman–Crippen MR) is 115 cm³/mol. The molecule has 0 saturated carbocycles. The number of sulfonamides is 1. The lowest BCUT2D eigenvalue weighted by molar-refractivity contribution is 0.102. The molecule has 9 heteroatoms. The van der Waals surface area contributed by atoms with Crippen LogP contribution in [0.5, 0.6) is 0 Å².